The molecule has 104 valence electrons. The number of methoxy groups -OCH3 is 1. The van der Waals surface area contributed by atoms with Crippen LogP contribution in [0.1, 0.15) is 28.9 Å². The summed E-state index contributed by atoms with van der Waals surface area (Å²) in [5, 5.41) is 2.79. The fourth-order valence-electron chi connectivity index (χ4n) is 1.80. The Morgan fingerprint density at radius 1 is 1.40 bits per heavy atom. The Kier molecular flexibility index (Phi) is 4.30. The third-order valence-corrected chi connectivity index (χ3v) is 2.95. The van der Waals surface area contributed by atoms with Crippen LogP contribution in [0.5, 0.6) is 5.75 Å². The third kappa shape index (κ3) is 3.12. The summed E-state index contributed by atoms with van der Waals surface area (Å²) in [7, 11) is 1.38. The van der Waals surface area contributed by atoms with Gasteiger partial charge in [-0.15, -0.1) is 0 Å². The van der Waals surface area contributed by atoms with Crippen molar-refractivity contribution in [1.29, 1.82) is 0 Å². The normalized spacial score (nSPS) is 11.8. The number of ether oxygens (including phenoxy) is 1. The topological polar surface area (TPSA) is 51.2 Å². The number of rotatable bonds is 4. The molecule has 1 atom stereocenters. The number of carbonyl (C=O) groups is 1. The Morgan fingerprint density at radius 3 is 2.80 bits per heavy atom. The summed E-state index contributed by atoms with van der Waals surface area (Å²) in [6.07, 6.45) is 3.34. The van der Waals surface area contributed by atoms with Crippen molar-refractivity contribution in [3.63, 3.8) is 0 Å². The quantitative estimate of drug-likeness (QED) is 0.932. The Bertz CT molecular complexity index is 602. The van der Waals surface area contributed by atoms with Gasteiger partial charge in [-0.3, -0.25) is 9.78 Å². The first kappa shape index (κ1) is 14.0. The second kappa shape index (κ2) is 6.14. The van der Waals surface area contributed by atoms with Crippen LogP contribution < -0.4 is 10.1 Å². The monoisotopic (exact) mass is 274 g/mol. The van der Waals surface area contributed by atoms with Crippen LogP contribution in [0.2, 0.25) is 0 Å². The Labute approximate surface area is 116 Å². The second-order valence-electron chi connectivity index (χ2n) is 4.33. The van der Waals surface area contributed by atoms with Crippen LogP contribution >= 0.6 is 0 Å². The second-order valence-corrected chi connectivity index (χ2v) is 4.33. The van der Waals surface area contributed by atoms with Gasteiger partial charge < -0.3 is 10.1 Å². The molecule has 20 heavy (non-hydrogen) atoms. The van der Waals surface area contributed by atoms with Gasteiger partial charge in [0.1, 0.15) is 0 Å². The molecular weight excluding hydrogens is 259 g/mol. The number of hydrogen-bond donors (Lipinski definition) is 1. The van der Waals surface area contributed by atoms with Gasteiger partial charge >= 0.3 is 0 Å². The van der Waals surface area contributed by atoms with Crippen molar-refractivity contribution in [3.8, 4) is 5.75 Å². The molecule has 0 spiro atoms. The predicted octanol–water partition coefficient (Wildman–Crippen LogP) is 2.72. The molecule has 1 amide bonds. The van der Waals surface area contributed by atoms with Crippen LogP contribution in [-0.4, -0.2) is 18.0 Å². The number of benzene rings is 1. The van der Waals surface area contributed by atoms with Crippen LogP contribution in [0.4, 0.5) is 4.39 Å². The highest BCUT2D eigenvalue weighted by molar-refractivity contribution is 5.94. The maximum absolute atomic E-state index is 13.6. The van der Waals surface area contributed by atoms with Crippen LogP contribution in [-0.2, 0) is 0 Å². The SMILES string of the molecule is COc1ccc(C(=O)NC(C)c2cccnc2)cc1F. The summed E-state index contributed by atoms with van der Waals surface area (Å²) in [6.45, 7) is 1.84. The van der Waals surface area contributed by atoms with Crippen molar-refractivity contribution < 1.29 is 13.9 Å². The maximum Gasteiger partial charge on any atom is 0.251 e. The molecule has 5 heteroatoms. The first-order chi connectivity index (χ1) is 9.61. The number of nitrogens with zero attached hydrogens (tertiary/aromatic N) is 1. The van der Waals surface area contributed by atoms with Crippen molar-refractivity contribution in [2.75, 3.05) is 7.11 Å². The van der Waals surface area contributed by atoms with Gasteiger partial charge in [0.15, 0.2) is 11.6 Å². The summed E-state index contributed by atoms with van der Waals surface area (Å²) in [5.74, 6) is -0.793. The van der Waals surface area contributed by atoms with Crippen molar-refractivity contribution >= 4 is 5.91 Å². The first-order valence-electron chi connectivity index (χ1n) is 6.16. The molecule has 0 aliphatic heterocycles. The number of carbonyl (C=O) groups excluding carboxylic acids is 1. The molecule has 1 unspecified atom stereocenters. The van der Waals surface area contributed by atoms with E-state index in [4.69, 9.17) is 4.74 Å². The van der Waals surface area contributed by atoms with Crippen LogP contribution in [0.3, 0.4) is 0 Å². The summed E-state index contributed by atoms with van der Waals surface area (Å²) < 4.78 is 18.4. The molecule has 0 saturated carbocycles. The van der Waals surface area contributed by atoms with Gasteiger partial charge in [0.05, 0.1) is 13.2 Å². The Balaban J connectivity index is 2.10. The fourth-order valence-corrected chi connectivity index (χ4v) is 1.80. The Morgan fingerprint density at radius 2 is 2.20 bits per heavy atom. The van der Waals surface area contributed by atoms with E-state index in [1.165, 1.54) is 19.2 Å². The zero-order valence-electron chi connectivity index (χ0n) is 11.3. The van der Waals surface area contributed by atoms with Gasteiger partial charge in [-0.25, -0.2) is 4.39 Å². The van der Waals surface area contributed by atoms with E-state index in [-0.39, 0.29) is 23.3 Å². The molecule has 0 aliphatic carbocycles. The number of aromatic nitrogens is 1. The zero-order valence-corrected chi connectivity index (χ0v) is 11.3. The minimum absolute atomic E-state index is 0.113. The minimum atomic E-state index is -0.561. The smallest absolute Gasteiger partial charge is 0.251 e. The largest absolute Gasteiger partial charge is 0.494 e. The fraction of sp³-hybridized carbons (Fsp3) is 0.200. The summed E-state index contributed by atoms with van der Waals surface area (Å²) in [5.41, 5.74) is 1.13. The van der Waals surface area contributed by atoms with E-state index in [9.17, 15) is 9.18 Å². The number of halogens is 1. The minimum Gasteiger partial charge on any atom is -0.494 e. The lowest BCUT2D eigenvalue weighted by Crippen LogP contribution is -2.26. The van der Waals surface area contributed by atoms with E-state index < -0.39 is 5.82 Å². The first-order valence-corrected chi connectivity index (χ1v) is 6.16. The molecule has 0 saturated heterocycles. The number of amides is 1. The molecule has 0 bridgehead atoms. The van der Waals surface area contributed by atoms with Gasteiger partial charge in [-0.05, 0) is 36.8 Å². The lowest BCUT2D eigenvalue weighted by atomic mass is 10.1. The van der Waals surface area contributed by atoms with Gasteiger partial charge in [0.25, 0.3) is 5.91 Å². The lowest BCUT2D eigenvalue weighted by molar-refractivity contribution is 0.0939. The van der Waals surface area contributed by atoms with E-state index in [2.05, 4.69) is 10.3 Å². The number of nitrogens with one attached hydrogen (secondary N) is 1. The van der Waals surface area contributed by atoms with Crippen LogP contribution in [0.25, 0.3) is 0 Å². The predicted molar refractivity (Wildman–Crippen MR) is 73.1 cm³/mol. The third-order valence-electron chi connectivity index (χ3n) is 2.95. The summed E-state index contributed by atoms with van der Waals surface area (Å²) >= 11 is 0. The lowest BCUT2D eigenvalue weighted by Gasteiger charge is -2.14. The van der Waals surface area contributed by atoms with Crippen LogP contribution in [0.15, 0.2) is 42.7 Å². The number of pyridine rings is 1. The van der Waals surface area contributed by atoms with Crippen molar-refractivity contribution in [1.82, 2.24) is 10.3 Å². The van der Waals surface area contributed by atoms with E-state index in [1.54, 1.807) is 18.5 Å². The zero-order chi connectivity index (χ0) is 14.5. The average Bonchev–Trinajstić information content (AvgIpc) is 2.48. The molecule has 0 radical (unpaired) electrons. The molecule has 0 fully saturated rings. The summed E-state index contributed by atoms with van der Waals surface area (Å²) in [4.78, 5) is 16.0. The van der Waals surface area contributed by atoms with Gasteiger partial charge in [0.2, 0.25) is 0 Å². The molecule has 2 rings (SSSR count). The van der Waals surface area contributed by atoms with Gasteiger partial charge in [0, 0.05) is 18.0 Å². The van der Waals surface area contributed by atoms with Crippen molar-refractivity contribution in [3.05, 3.63) is 59.7 Å². The molecule has 0 aliphatic rings. The molecule has 1 N–H and O–H groups in total. The molecule has 1 aromatic heterocycles. The van der Waals surface area contributed by atoms with Gasteiger partial charge in [-0.1, -0.05) is 6.07 Å². The van der Waals surface area contributed by atoms with Crippen molar-refractivity contribution in [2.45, 2.75) is 13.0 Å². The maximum atomic E-state index is 13.6. The highest BCUT2D eigenvalue weighted by Crippen LogP contribution is 2.18. The van der Waals surface area contributed by atoms with E-state index in [1.807, 2.05) is 13.0 Å². The van der Waals surface area contributed by atoms with Crippen molar-refractivity contribution in [2.24, 2.45) is 0 Å². The molecule has 2 aromatic rings. The van der Waals surface area contributed by atoms with E-state index in [0.717, 1.165) is 11.6 Å². The Hall–Kier alpha value is -2.43. The highest BCUT2D eigenvalue weighted by atomic mass is 19.1. The summed E-state index contributed by atoms with van der Waals surface area (Å²) in [6, 6.07) is 7.56. The van der Waals surface area contributed by atoms with Crippen LogP contribution in [0, 0.1) is 5.82 Å². The number of hydrogen-bond acceptors (Lipinski definition) is 3. The van der Waals surface area contributed by atoms with Gasteiger partial charge in [-0.2, -0.15) is 0 Å². The van der Waals surface area contributed by atoms with E-state index >= 15 is 0 Å². The molecular formula is C15H15FN2O2. The molecule has 1 heterocycles. The van der Waals surface area contributed by atoms with E-state index in [0.29, 0.717) is 0 Å². The highest BCUT2D eigenvalue weighted by Gasteiger charge is 2.13. The molecule has 1 aromatic carbocycles. The standard InChI is InChI=1S/C15H15FN2O2/c1-10(12-4-3-7-17-9-12)18-15(19)11-5-6-14(20-2)13(16)8-11/h3-10H,1-2H3,(H,18,19). The average molecular weight is 274 g/mol. The molecule has 4 nitrogen and oxygen atoms in total.